The normalized spacial score (nSPS) is 34.4. The van der Waals surface area contributed by atoms with Crippen LogP contribution in [0, 0.1) is 34.5 Å². The van der Waals surface area contributed by atoms with Crippen LogP contribution in [-0.2, 0) is 9.59 Å². The van der Waals surface area contributed by atoms with Crippen LogP contribution in [0.2, 0.25) is 0 Å². The van der Waals surface area contributed by atoms with Crippen molar-refractivity contribution in [2.75, 3.05) is 7.05 Å². The molecule has 0 radical (unpaired) electrons. The van der Waals surface area contributed by atoms with Crippen LogP contribution in [0.25, 0.3) is 0 Å². The van der Waals surface area contributed by atoms with E-state index in [0.29, 0.717) is 29.7 Å². The second-order valence-electron chi connectivity index (χ2n) is 16.3. The third kappa shape index (κ3) is 8.41. The molecule has 4 aliphatic rings. The number of amides is 2. The van der Waals surface area contributed by atoms with E-state index in [-0.39, 0.29) is 17.4 Å². The molecule has 4 heteroatoms. The van der Waals surface area contributed by atoms with Crippen molar-refractivity contribution in [2.45, 2.75) is 194 Å². The Morgan fingerprint density at radius 2 is 1.33 bits per heavy atom. The summed E-state index contributed by atoms with van der Waals surface area (Å²) >= 11 is 0. The summed E-state index contributed by atoms with van der Waals surface area (Å²) in [5.41, 5.74) is 0.639. The summed E-state index contributed by atoms with van der Waals surface area (Å²) in [6.45, 7) is 9.69. The van der Waals surface area contributed by atoms with Crippen LogP contribution in [0.4, 0.5) is 0 Å². The second-order valence-corrected chi connectivity index (χ2v) is 16.3. The molecule has 2 amide bonds. The molecule has 3 aliphatic carbocycles. The summed E-state index contributed by atoms with van der Waals surface area (Å²) in [7, 11) is 2.06. The van der Waals surface area contributed by atoms with Gasteiger partial charge in [0, 0.05) is 32.0 Å². The summed E-state index contributed by atoms with van der Waals surface area (Å²) in [4.78, 5) is 27.5. The minimum Gasteiger partial charge on any atom is -0.353 e. The number of nitrogens with one attached hydrogen (secondary N) is 1. The van der Waals surface area contributed by atoms with E-state index in [4.69, 9.17) is 0 Å². The molecule has 1 N–H and O–H groups in total. The van der Waals surface area contributed by atoms with Gasteiger partial charge in [0.05, 0.1) is 0 Å². The average molecular weight is 599 g/mol. The van der Waals surface area contributed by atoms with E-state index in [1.807, 2.05) is 0 Å². The fourth-order valence-electron chi connectivity index (χ4n) is 11.1. The lowest BCUT2D eigenvalue weighted by Gasteiger charge is -2.62. The summed E-state index contributed by atoms with van der Waals surface area (Å²) in [5.74, 6) is 3.59. The molecule has 8 atom stereocenters. The topological polar surface area (TPSA) is 49.4 Å². The highest BCUT2D eigenvalue weighted by Gasteiger charge is 2.61. The predicted octanol–water partition coefficient (Wildman–Crippen LogP) is 10.2. The number of hydrogen-bond donors (Lipinski definition) is 1. The molecule has 4 fully saturated rings. The van der Waals surface area contributed by atoms with Crippen LogP contribution in [0.3, 0.4) is 0 Å². The van der Waals surface area contributed by atoms with E-state index >= 15 is 0 Å². The molecule has 4 nitrogen and oxygen atoms in total. The molecule has 0 aromatic rings. The number of unbranched alkanes of at least 4 members (excludes halogenated alkanes) is 14. The summed E-state index contributed by atoms with van der Waals surface area (Å²) in [6, 6.07) is 0.718. The molecule has 0 aromatic carbocycles. The fourth-order valence-corrected chi connectivity index (χ4v) is 11.1. The first-order chi connectivity index (χ1) is 20.7. The van der Waals surface area contributed by atoms with Gasteiger partial charge in [0.1, 0.15) is 0 Å². The minimum absolute atomic E-state index is 0.278. The van der Waals surface area contributed by atoms with E-state index in [1.54, 1.807) is 0 Å². The van der Waals surface area contributed by atoms with Crippen LogP contribution in [-0.4, -0.2) is 35.8 Å². The van der Waals surface area contributed by atoms with Gasteiger partial charge in [-0.1, -0.05) is 111 Å². The van der Waals surface area contributed by atoms with Crippen molar-refractivity contribution in [3.05, 3.63) is 0 Å². The van der Waals surface area contributed by atoms with Crippen LogP contribution >= 0.6 is 0 Å². The van der Waals surface area contributed by atoms with Gasteiger partial charge >= 0.3 is 0 Å². The molecule has 3 saturated carbocycles. The molecule has 4 rings (SSSR count). The SMILES string of the molecule is CCCCCCCCCCCCCCCCCC(=O)NC(C)[C@H]1CC[C@H]2[C@@H]3CCC4N(C)C(=O)CC[C@]4(C)[C@H]3CC[C@]12C. The highest BCUT2D eigenvalue weighted by atomic mass is 16.2. The van der Waals surface area contributed by atoms with Crippen molar-refractivity contribution in [2.24, 2.45) is 34.5 Å². The molecule has 0 bridgehead atoms. The molecule has 0 aromatic heterocycles. The first kappa shape index (κ1) is 34.8. The molecule has 0 spiro atoms. The van der Waals surface area contributed by atoms with Gasteiger partial charge < -0.3 is 10.2 Å². The smallest absolute Gasteiger partial charge is 0.222 e. The number of fused-ring (bicyclic) bond motifs is 5. The molecule has 1 saturated heterocycles. The second kappa shape index (κ2) is 16.5. The third-order valence-electron chi connectivity index (χ3n) is 13.6. The van der Waals surface area contributed by atoms with E-state index in [9.17, 15) is 9.59 Å². The quantitative estimate of drug-likeness (QED) is 0.160. The molecular weight excluding hydrogens is 528 g/mol. The molecule has 2 unspecified atom stereocenters. The number of rotatable bonds is 18. The largest absolute Gasteiger partial charge is 0.353 e. The first-order valence-electron chi connectivity index (χ1n) is 19.3. The maximum atomic E-state index is 13.0. The maximum absolute atomic E-state index is 13.0. The highest BCUT2D eigenvalue weighted by Crippen LogP contribution is 2.66. The van der Waals surface area contributed by atoms with Gasteiger partial charge in [-0.2, -0.15) is 0 Å². The van der Waals surface area contributed by atoms with Crippen molar-refractivity contribution in [3.63, 3.8) is 0 Å². The van der Waals surface area contributed by atoms with E-state index < -0.39 is 0 Å². The van der Waals surface area contributed by atoms with Crippen molar-refractivity contribution in [1.82, 2.24) is 10.2 Å². The van der Waals surface area contributed by atoms with Gasteiger partial charge in [-0.25, -0.2) is 0 Å². The van der Waals surface area contributed by atoms with Gasteiger partial charge in [0.15, 0.2) is 0 Å². The predicted molar refractivity (Wildman–Crippen MR) is 181 cm³/mol. The minimum atomic E-state index is 0.278. The van der Waals surface area contributed by atoms with Crippen molar-refractivity contribution in [1.29, 1.82) is 0 Å². The fraction of sp³-hybridized carbons (Fsp3) is 0.949. The van der Waals surface area contributed by atoms with Crippen LogP contribution in [0.1, 0.15) is 182 Å². The van der Waals surface area contributed by atoms with E-state index in [0.717, 1.165) is 37.0 Å². The van der Waals surface area contributed by atoms with Gasteiger partial charge in [-0.15, -0.1) is 0 Å². The molecule has 248 valence electrons. The third-order valence-corrected chi connectivity index (χ3v) is 13.6. The Morgan fingerprint density at radius 3 is 1.93 bits per heavy atom. The lowest BCUT2D eigenvalue weighted by atomic mass is 9.46. The Kier molecular flexibility index (Phi) is 13.3. The first-order valence-corrected chi connectivity index (χ1v) is 19.3. The Bertz CT molecular complexity index is 873. The van der Waals surface area contributed by atoms with Crippen molar-refractivity contribution >= 4 is 11.8 Å². The number of carbonyl (C=O) groups excluding carboxylic acids is 2. The Hall–Kier alpha value is -1.06. The van der Waals surface area contributed by atoms with E-state index in [1.165, 1.54) is 128 Å². The molecule has 43 heavy (non-hydrogen) atoms. The summed E-state index contributed by atoms with van der Waals surface area (Å²) in [6.07, 6.45) is 30.6. The Morgan fingerprint density at radius 1 is 0.767 bits per heavy atom. The zero-order chi connectivity index (χ0) is 30.9. The van der Waals surface area contributed by atoms with Crippen LogP contribution in [0.15, 0.2) is 0 Å². The van der Waals surface area contributed by atoms with Crippen LogP contribution < -0.4 is 5.32 Å². The standard InChI is InChI=1S/C39H70N2O2/c1-6-7-8-9-10-11-12-13-14-15-16-17-18-19-20-21-36(42)40-30(2)32-23-24-33-31-22-25-35-39(4,29-27-37(43)41(35)5)34(31)26-28-38(32,33)3/h30-35H,6-29H2,1-5H3,(H,40,42)/t30?,31-,32+,33-,34-,35?,38+,39+/m0/s1. The number of carbonyl (C=O) groups is 2. The van der Waals surface area contributed by atoms with Gasteiger partial charge in [0.2, 0.25) is 11.8 Å². The number of hydrogen-bond acceptors (Lipinski definition) is 2. The molecule has 1 aliphatic heterocycles. The maximum Gasteiger partial charge on any atom is 0.222 e. The lowest BCUT2D eigenvalue weighted by Crippen LogP contribution is -2.61. The van der Waals surface area contributed by atoms with Gasteiger partial charge in [-0.3, -0.25) is 9.59 Å². The Labute approximate surface area is 266 Å². The monoisotopic (exact) mass is 599 g/mol. The summed E-state index contributed by atoms with van der Waals surface area (Å²) < 4.78 is 0. The Balaban J connectivity index is 1.09. The number of nitrogens with zero attached hydrogens (tertiary/aromatic N) is 1. The van der Waals surface area contributed by atoms with Gasteiger partial charge in [0.25, 0.3) is 0 Å². The van der Waals surface area contributed by atoms with Crippen molar-refractivity contribution in [3.8, 4) is 0 Å². The number of piperidine rings is 1. The lowest BCUT2D eigenvalue weighted by molar-refractivity contribution is -0.158. The summed E-state index contributed by atoms with van der Waals surface area (Å²) in [5, 5.41) is 3.48. The number of likely N-dealkylation sites (tertiary alicyclic amines) is 1. The average Bonchev–Trinajstić information content (AvgIpc) is 3.34. The van der Waals surface area contributed by atoms with Crippen LogP contribution in [0.5, 0.6) is 0 Å². The van der Waals surface area contributed by atoms with Crippen molar-refractivity contribution < 1.29 is 9.59 Å². The highest BCUT2D eigenvalue weighted by molar-refractivity contribution is 5.77. The van der Waals surface area contributed by atoms with E-state index in [2.05, 4.69) is 45.0 Å². The van der Waals surface area contributed by atoms with Gasteiger partial charge in [-0.05, 0) is 92.8 Å². The zero-order valence-electron chi connectivity index (χ0n) is 29.2. The molecular formula is C39H70N2O2. The molecule has 1 heterocycles. The zero-order valence-corrected chi connectivity index (χ0v) is 29.2.